The van der Waals surface area contributed by atoms with Crippen molar-refractivity contribution in [2.24, 2.45) is 0 Å². The lowest BCUT2D eigenvalue weighted by atomic mass is 10.2. The van der Waals surface area contributed by atoms with Gasteiger partial charge in [0.15, 0.2) is 0 Å². The van der Waals surface area contributed by atoms with Crippen molar-refractivity contribution in [1.29, 1.82) is 0 Å². The van der Waals surface area contributed by atoms with Gasteiger partial charge in [0.25, 0.3) is 5.09 Å². The third kappa shape index (κ3) is 3.79. The van der Waals surface area contributed by atoms with Crippen LogP contribution in [0.1, 0.15) is 12.8 Å². The number of hydrogen-bond acceptors (Lipinski definition) is 6. The number of carbonyl (C=O) groups is 2. The lowest BCUT2D eigenvalue weighted by molar-refractivity contribution is -0.757. The van der Waals surface area contributed by atoms with E-state index in [1.54, 1.807) is 0 Å². The molecule has 1 N–H and O–H groups in total. The molecule has 8 nitrogen and oxygen atoms in total. The number of ether oxygens (including phenoxy) is 1. The molecule has 0 aliphatic carbocycles. The number of carbonyl (C=O) groups excluding carboxylic acids is 2. The van der Waals surface area contributed by atoms with Crippen LogP contribution in [0.2, 0.25) is 0 Å². The fourth-order valence-electron chi connectivity index (χ4n) is 1.11. The molecule has 84 valence electrons. The summed E-state index contributed by atoms with van der Waals surface area (Å²) in [6.45, 7) is -0.0320. The Labute approximate surface area is 84.6 Å². The highest BCUT2D eigenvalue weighted by Gasteiger charge is 2.27. The first-order chi connectivity index (χ1) is 7.09. The summed E-state index contributed by atoms with van der Waals surface area (Å²) in [6.07, 6.45) is 0.269. The number of rotatable bonds is 5. The Bertz CT molecular complexity index is 279. The van der Waals surface area contributed by atoms with E-state index in [9.17, 15) is 19.7 Å². The van der Waals surface area contributed by atoms with E-state index in [2.05, 4.69) is 14.9 Å². The maximum absolute atomic E-state index is 11.1. The predicted octanol–water partition coefficient (Wildman–Crippen LogP) is -0.984. The van der Waals surface area contributed by atoms with Crippen LogP contribution in [0.4, 0.5) is 0 Å². The van der Waals surface area contributed by atoms with Gasteiger partial charge in [0.2, 0.25) is 5.91 Å². The quantitative estimate of drug-likeness (QED) is 0.361. The van der Waals surface area contributed by atoms with Crippen molar-refractivity contribution in [3.8, 4) is 0 Å². The van der Waals surface area contributed by atoms with Gasteiger partial charge in [-0.15, -0.1) is 10.1 Å². The number of nitrogens with zero attached hydrogens (tertiary/aromatic N) is 1. The Hall–Kier alpha value is -1.86. The van der Waals surface area contributed by atoms with Crippen LogP contribution in [0.25, 0.3) is 0 Å². The Morgan fingerprint density at radius 3 is 3.00 bits per heavy atom. The maximum Gasteiger partial charge on any atom is 0.328 e. The summed E-state index contributed by atoms with van der Waals surface area (Å²) in [7, 11) is 0. The van der Waals surface area contributed by atoms with Gasteiger partial charge >= 0.3 is 5.97 Å². The molecule has 1 amide bonds. The van der Waals surface area contributed by atoms with Crippen LogP contribution in [0, 0.1) is 10.1 Å². The van der Waals surface area contributed by atoms with Crippen molar-refractivity contribution in [1.82, 2.24) is 5.32 Å². The van der Waals surface area contributed by atoms with E-state index in [4.69, 9.17) is 0 Å². The van der Waals surface area contributed by atoms with E-state index in [0.29, 0.717) is 6.42 Å². The van der Waals surface area contributed by atoms with Gasteiger partial charge in [-0.3, -0.25) is 4.79 Å². The summed E-state index contributed by atoms with van der Waals surface area (Å²) < 4.78 is 4.62. The molecule has 1 saturated heterocycles. The van der Waals surface area contributed by atoms with Crippen molar-refractivity contribution in [2.45, 2.75) is 18.9 Å². The topological polar surface area (TPSA) is 108 Å². The maximum atomic E-state index is 11.1. The molecule has 15 heavy (non-hydrogen) atoms. The van der Waals surface area contributed by atoms with Crippen LogP contribution in [0.3, 0.4) is 0 Å². The van der Waals surface area contributed by atoms with Gasteiger partial charge in [-0.05, 0) is 0 Å². The van der Waals surface area contributed by atoms with Gasteiger partial charge < -0.3 is 14.9 Å². The molecule has 1 atom stereocenters. The fourth-order valence-corrected chi connectivity index (χ4v) is 1.11. The second-order valence-electron chi connectivity index (χ2n) is 2.88. The average Bonchev–Trinajstić information content (AvgIpc) is 2.51. The van der Waals surface area contributed by atoms with Gasteiger partial charge in [0.05, 0.1) is 13.0 Å². The molecule has 0 aromatic carbocycles. The summed E-state index contributed by atoms with van der Waals surface area (Å²) in [6, 6.07) is -0.631. The Balaban J connectivity index is 2.18. The summed E-state index contributed by atoms with van der Waals surface area (Å²) in [5.41, 5.74) is 0. The van der Waals surface area contributed by atoms with E-state index in [1.807, 2.05) is 0 Å². The molecule has 0 bridgehead atoms. The summed E-state index contributed by atoms with van der Waals surface area (Å²) in [5.74, 6) is -0.945. The highest BCUT2D eigenvalue weighted by molar-refractivity contribution is 5.85. The van der Waals surface area contributed by atoms with E-state index in [0.717, 1.165) is 0 Å². The molecule has 0 aromatic rings. The molecule has 0 radical (unpaired) electrons. The SMILES string of the molecule is O=C(CCO[N+](=O)[O-])N[C@H]1CCOC1=O. The summed E-state index contributed by atoms with van der Waals surface area (Å²) >= 11 is 0. The average molecular weight is 218 g/mol. The number of nitrogens with one attached hydrogen (secondary N) is 1. The normalized spacial score (nSPS) is 19.5. The number of hydrogen-bond donors (Lipinski definition) is 1. The van der Waals surface area contributed by atoms with Crippen molar-refractivity contribution in [2.75, 3.05) is 13.2 Å². The second kappa shape index (κ2) is 5.13. The largest absolute Gasteiger partial charge is 0.464 e. The second-order valence-corrected chi connectivity index (χ2v) is 2.88. The molecule has 0 unspecified atom stereocenters. The molecule has 0 spiro atoms. The highest BCUT2D eigenvalue weighted by Crippen LogP contribution is 2.05. The minimum atomic E-state index is -0.975. The van der Waals surface area contributed by atoms with Crippen molar-refractivity contribution < 1.29 is 24.3 Å². The fraction of sp³-hybridized carbons (Fsp3) is 0.714. The van der Waals surface area contributed by atoms with Crippen LogP contribution >= 0.6 is 0 Å². The first-order valence-electron chi connectivity index (χ1n) is 4.33. The van der Waals surface area contributed by atoms with Crippen molar-refractivity contribution in [3.63, 3.8) is 0 Å². The third-order valence-corrected chi connectivity index (χ3v) is 1.80. The molecule has 8 heteroatoms. The molecule has 1 fully saturated rings. The highest BCUT2D eigenvalue weighted by atomic mass is 16.9. The molecule has 0 aromatic heterocycles. The molecule has 0 saturated carbocycles. The summed E-state index contributed by atoms with van der Waals surface area (Å²) in [5, 5.41) is 11.2. The zero-order valence-corrected chi connectivity index (χ0v) is 7.80. The summed E-state index contributed by atoms with van der Waals surface area (Å²) in [4.78, 5) is 35.7. The standard InChI is InChI=1S/C7H10N2O6/c10-6(2-4-15-9(12)13)8-5-1-3-14-7(5)11/h5H,1-4H2,(H,8,10)/t5-/m0/s1. The number of cyclic esters (lactones) is 1. The van der Waals surface area contributed by atoms with Gasteiger partial charge in [-0.2, -0.15) is 0 Å². The lowest BCUT2D eigenvalue weighted by Crippen LogP contribution is -2.38. The van der Waals surface area contributed by atoms with Crippen LogP contribution in [0.15, 0.2) is 0 Å². The van der Waals surface area contributed by atoms with Gasteiger partial charge in [-0.1, -0.05) is 0 Å². The van der Waals surface area contributed by atoms with Gasteiger partial charge in [0.1, 0.15) is 12.6 Å². The Kier molecular flexibility index (Phi) is 3.83. The number of amides is 1. The lowest BCUT2D eigenvalue weighted by Gasteiger charge is -2.07. The van der Waals surface area contributed by atoms with E-state index in [1.165, 1.54) is 0 Å². The number of esters is 1. The van der Waals surface area contributed by atoms with E-state index < -0.39 is 23.0 Å². The van der Waals surface area contributed by atoms with Crippen LogP contribution in [-0.4, -0.2) is 36.2 Å². The first-order valence-corrected chi connectivity index (χ1v) is 4.33. The predicted molar refractivity (Wildman–Crippen MR) is 45.1 cm³/mol. The molecule has 1 rings (SSSR count). The van der Waals surface area contributed by atoms with E-state index in [-0.39, 0.29) is 19.6 Å². The van der Waals surface area contributed by atoms with Crippen LogP contribution < -0.4 is 5.32 Å². The molecule has 1 heterocycles. The van der Waals surface area contributed by atoms with Crippen LogP contribution in [0.5, 0.6) is 0 Å². The molecular formula is C7H10N2O6. The van der Waals surface area contributed by atoms with Crippen molar-refractivity contribution in [3.05, 3.63) is 10.1 Å². The minimum absolute atomic E-state index is 0.162. The van der Waals surface area contributed by atoms with Crippen LogP contribution in [-0.2, 0) is 19.2 Å². The van der Waals surface area contributed by atoms with Gasteiger partial charge in [-0.25, -0.2) is 4.79 Å². The zero-order valence-electron chi connectivity index (χ0n) is 7.80. The Morgan fingerprint density at radius 2 is 2.47 bits per heavy atom. The molecular weight excluding hydrogens is 208 g/mol. The molecule has 1 aliphatic heterocycles. The first kappa shape index (κ1) is 11.2. The zero-order chi connectivity index (χ0) is 11.3. The van der Waals surface area contributed by atoms with Crippen molar-refractivity contribution >= 4 is 11.9 Å². The van der Waals surface area contributed by atoms with Gasteiger partial charge in [0, 0.05) is 6.42 Å². The Morgan fingerprint density at radius 1 is 1.73 bits per heavy atom. The van der Waals surface area contributed by atoms with E-state index >= 15 is 0 Å². The third-order valence-electron chi connectivity index (χ3n) is 1.80. The monoisotopic (exact) mass is 218 g/mol. The smallest absolute Gasteiger partial charge is 0.328 e. The molecule has 1 aliphatic rings. The minimum Gasteiger partial charge on any atom is -0.464 e.